The van der Waals surface area contributed by atoms with E-state index >= 15 is 0 Å². The van der Waals surface area contributed by atoms with Gasteiger partial charge in [-0.2, -0.15) is 0 Å². The molecule has 1 heterocycles. The van der Waals surface area contributed by atoms with Gasteiger partial charge in [-0.1, -0.05) is 0 Å². The van der Waals surface area contributed by atoms with Crippen LogP contribution in [0.15, 0.2) is 4.99 Å². The average Bonchev–Trinajstić information content (AvgIpc) is 2.19. The summed E-state index contributed by atoms with van der Waals surface area (Å²) < 4.78 is 0. The normalized spacial score (nSPS) is 18.9. The molecule has 3 heteroatoms. The van der Waals surface area contributed by atoms with E-state index in [-0.39, 0.29) is 0 Å². The zero-order chi connectivity index (χ0) is 5.82. The molecule has 0 aromatic heterocycles. The Kier molecular flexibility index (Phi) is 2.00. The van der Waals surface area contributed by atoms with Crippen molar-refractivity contribution in [1.29, 1.82) is 0 Å². The molecule has 0 spiro atoms. The van der Waals surface area contributed by atoms with E-state index in [1.54, 1.807) is 0 Å². The zero-order valence-electron chi connectivity index (χ0n) is 4.85. The van der Waals surface area contributed by atoms with E-state index in [1.165, 1.54) is 5.71 Å². The zero-order valence-corrected chi connectivity index (χ0v) is 4.85. The summed E-state index contributed by atoms with van der Waals surface area (Å²) in [6, 6.07) is 0. The van der Waals surface area contributed by atoms with E-state index in [1.807, 2.05) is 0 Å². The van der Waals surface area contributed by atoms with Crippen molar-refractivity contribution in [1.82, 2.24) is 5.32 Å². The van der Waals surface area contributed by atoms with Crippen LogP contribution in [-0.2, 0) is 0 Å². The molecule has 3 nitrogen and oxygen atoms in total. The molecular formula is C5H11N3. The van der Waals surface area contributed by atoms with E-state index in [4.69, 9.17) is 5.73 Å². The van der Waals surface area contributed by atoms with Gasteiger partial charge < -0.3 is 5.73 Å². The van der Waals surface area contributed by atoms with Gasteiger partial charge in [0.15, 0.2) is 0 Å². The molecule has 0 atom stereocenters. The highest BCUT2D eigenvalue weighted by Crippen LogP contribution is 1.88. The Morgan fingerprint density at radius 3 is 3.12 bits per heavy atom. The first-order valence-electron chi connectivity index (χ1n) is 2.86. The molecule has 0 fully saturated rings. The van der Waals surface area contributed by atoms with Gasteiger partial charge in [-0.25, -0.2) is 0 Å². The summed E-state index contributed by atoms with van der Waals surface area (Å²) >= 11 is 0. The van der Waals surface area contributed by atoms with Crippen LogP contribution in [0.1, 0.15) is 6.42 Å². The van der Waals surface area contributed by atoms with E-state index in [2.05, 4.69) is 10.3 Å². The number of nitrogens with one attached hydrogen (secondary N) is 1. The van der Waals surface area contributed by atoms with Crippen molar-refractivity contribution in [3.63, 3.8) is 0 Å². The lowest BCUT2D eigenvalue weighted by molar-refractivity contribution is 0.848. The Morgan fingerprint density at radius 2 is 2.62 bits per heavy atom. The van der Waals surface area contributed by atoms with Gasteiger partial charge in [-0.15, -0.1) is 0 Å². The van der Waals surface area contributed by atoms with Gasteiger partial charge >= 0.3 is 0 Å². The highest BCUT2D eigenvalue weighted by molar-refractivity contribution is 5.87. The van der Waals surface area contributed by atoms with Crippen LogP contribution in [0.3, 0.4) is 0 Å². The van der Waals surface area contributed by atoms with Crippen LogP contribution in [0.5, 0.6) is 0 Å². The van der Waals surface area contributed by atoms with Crippen LogP contribution in [0.25, 0.3) is 0 Å². The summed E-state index contributed by atoms with van der Waals surface area (Å²) in [5.41, 5.74) is 6.52. The predicted molar refractivity (Wildman–Crippen MR) is 34.0 cm³/mol. The number of nitrogens with two attached hydrogens (primary N) is 1. The minimum atomic E-state index is 0.723. The summed E-state index contributed by atoms with van der Waals surface area (Å²) in [5.74, 6) is 0. The van der Waals surface area contributed by atoms with E-state index in [9.17, 15) is 0 Å². The van der Waals surface area contributed by atoms with Crippen molar-refractivity contribution in [2.75, 3.05) is 19.8 Å². The molecule has 0 saturated heterocycles. The fourth-order valence-electron chi connectivity index (χ4n) is 0.758. The maximum absolute atomic E-state index is 5.30. The molecule has 8 heavy (non-hydrogen) atoms. The molecule has 1 aliphatic rings. The molecular weight excluding hydrogens is 102 g/mol. The second-order valence-electron chi connectivity index (χ2n) is 1.85. The van der Waals surface area contributed by atoms with Crippen molar-refractivity contribution in [3.8, 4) is 0 Å². The number of aliphatic imine (C=N–C) groups is 1. The highest BCUT2D eigenvalue weighted by Gasteiger charge is 2.01. The maximum atomic E-state index is 5.30. The van der Waals surface area contributed by atoms with Gasteiger partial charge in [-0.05, 0) is 13.0 Å². The fourth-order valence-corrected chi connectivity index (χ4v) is 0.758. The lowest BCUT2D eigenvalue weighted by Gasteiger charge is -1.91. The molecule has 3 N–H and O–H groups in total. The summed E-state index contributed by atoms with van der Waals surface area (Å²) in [6.45, 7) is 2.45. The minimum Gasteiger partial charge on any atom is -0.330 e. The molecule has 0 radical (unpaired) electrons. The predicted octanol–water partition coefficient (Wildman–Crippen LogP) is -0.663. The Bertz CT molecular complexity index is 97.8. The van der Waals surface area contributed by atoms with Gasteiger partial charge in [-0.3, -0.25) is 10.3 Å². The van der Waals surface area contributed by atoms with Crippen molar-refractivity contribution >= 4 is 5.71 Å². The molecule has 1 aliphatic heterocycles. The Balaban J connectivity index is 2.23. The summed E-state index contributed by atoms with van der Waals surface area (Å²) in [7, 11) is 0. The van der Waals surface area contributed by atoms with Crippen LogP contribution in [0.4, 0.5) is 0 Å². The third kappa shape index (κ3) is 1.28. The first-order chi connectivity index (χ1) is 3.93. The number of hydrogen-bond donors (Lipinski definition) is 2. The van der Waals surface area contributed by atoms with Crippen LogP contribution in [0, 0.1) is 0 Å². The highest BCUT2D eigenvalue weighted by atomic mass is 15.1. The Morgan fingerprint density at radius 1 is 1.75 bits per heavy atom. The number of rotatable bonds is 2. The third-order valence-electron chi connectivity index (χ3n) is 1.18. The van der Waals surface area contributed by atoms with Crippen LogP contribution < -0.4 is 11.1 Å². The molecule has 0 amide bonds. The van der Waals surface area contributed by atoms with Crippen molar-refractivity contribution in [2.45, 2.75) is 6.42 Å². The molecule has 0 aliphatic carbocycles. The van der Waals surface area contributed by atoms with Crippen LogP contribution in [-0.4, -0.2) is 25.5 Å². The topological polar surface area (TPSA) is 50.4 Å². The number of hydrogen-bond acceptors (Lipinski definition) is 3. The average molecular weight is 113 g/mol. The van der Waals surface area contributed by atoms with Crippen molar-refractivity contribution in [3.05, 3.63) is 0 Å². The van der Waals surface area contributed by atoms with Crippen molar-refractivity contribution < 1.29 is 0 Å². The molecule has 0 aromatic rings. The first kappa shape index (κ1) is 5.72. The lowest BCUT2D eigenvalue weighted by atomic mass is 10.3. The standard InChI is InChI=1S/C5H11N3/c6-2-1-5-3-7-4-8-5/h7H,1-4,6H2. The molecule has 0 aromatic carbocycles. The second-order valence-corrected chi connectivity index (χ2v) is 1.85. The smallest absolute Gasteiger partial charge is 0.0887 e. The fraction of sp³-hybridized carbons (Fsp3) is 0.800. The maximum Gasteiger partial charge on any atom is 0.0887 e. The number of nitrogens with zero attached hydrogens (tertiary/aromatic N) is 1. The van der Waals surface area contributed by atoms with Crippen LogP contribution in [0.2, 0.25) is 0 Å². The van der Waals surface area contributed by atoms with Gasteiger partial charge in [0.1, 0.15) is 0 Å². The molecule has 46 valence electrons. The van der Waals surface area contributed by atoms with Gasteiger partial charge in [0.25, 0.3) is 0 Å². The lowest BCUT2D eigenvalue weighted by Crippen LogP contribution is -2.15. The van der Waals surface area contributed by atoms with E-state index in [0.717, 1.165) is 26.2 Å². The van der Waals surface area contributed by atoms with Gasteiger partial charge in [0.2, 0.25) is 0 Å². The summed E-state index contributed by atoms with van der Waals surface area (Å²) in [6.07, 6.45) is 0.951. The monoisotopic (exact) mass is 113 g/mol. The van der Waals surface area contributed by atoms with Gasteiger partial charge in [0, 0.05) is 12.3 Å². The SMILES string of the molecule is NCCC1=NCNC1. The van der Waals surface area contributed by atoms with Crippen LogP contribution >= 0.6 is 0 Å². The molecule has 0 bridgehead atoms. The molecule has 0 unspecified atom stereocenters. The van der Waals surface area contributed by atoms with Crippen molar-refractivity contribution in [2.24, 2.45) is 10.7 Å². The quantitative estimate of drug-likeness (QED) is 0.499. The summed E-state index contributed by atoms with van der Waals surface area (Å²) in [5, 5.41) is 3.10. The summed E-state index contributed by atoms with van der Waals surface area (Å²) in [4.78, 5) is 4.15. The molecule has 0 saturated carbocycles. The Hall–Kier alpha value is -0.410. The largest absolute Gasteiger partial charge is 0.330 e. The van der Waals surface area contributed by atoms with E-state index < -0.39 is 0 Å². The molecule has 1 rings (SSSR count). The second kappa shape index (κ2) is 2.79. The van der Waals surface area contributed by atoms with Gasteiger partial charge in [0.05, 0.1) is 6.67 Å². The first-order valence-corrected chi connectivity index (χ1v) is 2.86. The Labute approximate surface area is 49.0 Å². The third-order valence-corrected chi connectivity index (χ3v) is 1.18. The minimum absolute atomic E-state index is 0.723. The van der Waals surface area contributed by atoms with E-state index in [0.29, 0.717) is 0 Å².